The van der Waals surface area contributed by atoms with Gasteiger partial charge in [-0.1, -0.05) is 39.7 Å². The Morgan fingerprint density at radius 2 is 1.70 bits per heavy atom. The molecule has 0 aliphatic carbocycles. The van der Waals surface area contributed by atoms with Crippen LogP contribution in [0.1, 0.15) is 22.5 Å². The van der Waals surface area contributed by atoms with Crippen LogP contribution in [0.15, 0.2) is 64.1 Å². The molecule has 0 saturated carbocycles. The Morgan fingerprint density at radius 3 is 2.39 bits per heavy atom. The number of aromatic nitrogens is 1. The molecule has 23 heavy (non-hydrogen) atoms. The number of halogens is 1. The van der Waals surface area contributed by atoms with Gasteiger partial charge in [0.25, 0.3) is 0 Å². The van der Waals surface area contributed by atoms with Crippen LogP contribution in [0.5, 0.6) is 0 Å². The molecule has 0 N–H and O–H groups in total. The van der Waals surface area contributed by atoms with Crippen LogP contribution >= 0.6 is 15.9 Å². The van der Waals surface area contributed by atoms with Crippen molar-refractivity contribution in [1.29, 1.82) is 0 Å². The molecule has 2 aromatic carbocycles. The molecule has 1 heterocycles. The van der Waals surface area contributed by atoms with Gasteiger partial charge in [-0.2, -0.15) is 0 Å². The van der Waals surface area contributed by atoms with Crippen molar-refractivity contribution in [1.82, 2.24) is 4.57 Å². The quantitative estimate of drug-likeness (QED) is 0.512. The molecule has 0 unspecified atom stereocenters. The van der Waals surface area contributed by atoms with E-state index < -0.39 is 0 Å². The van der Waals surface area contributed by atoms with E-state index in [4.69, 9.17) is 0 Å². The third-order valence-corrected chi connectivity index (χ3v) is 4.42. The van der Waals surface area contributed by atoms with Crippen molar-refractivity contribution in [2.45, 2.75) is 20.8 Å². The lowest BCUT2D eigenvalue weighted by molar-refractivity contribution is 0.964. The van der Waals surface area contributed by atoms with E-state index >= 15 is 0 Å². The van der Waals surface area contributed by atoms with Crippen LogP contribution in [0.25, 0.3) is 5.69 Å². The van der Waals surface area contributed by atoms with Crippen LogP contribution < -0.4 is 0 Å². The topological polar surface area (TPSA) is 17.3 Å². The minimum Gasteiger partial charge on any atom is -0.318 e. The maximum atomic E-state index is 4.59. The average Bonchev–Trinajstić information content (AvgIpc) is 2.81. The van der Waals surface area contributed by atoms with E-state index in [2.05, 4.69) is 76.6 Å². The monoisotopic (exact) mass is 366 g/mol. The number of benzene rings is 2. The van der Waals surface area contributed by atoms with Crippen molar-refractivity contribution in [3.8, 4) is 5.69 Å². The van der Waals surface area contributed by atoms with Crippen molar-refractivity contribution < 1.29 is 0 Å². The van der Waals surface area contributed by atoms with Crippen LogP contribution in [0.3, 0.4) is 0 Å². The van der Waals surface area contributed by atoms with Gasteiger partial charge >= 0.3 is 0 Å². The molecular weight excluding hydrogens is 348 g/mol. The maximum Gasteiger partial charge on any atom is 0.0641 e. The first-order valence-corrected chi connectivity index (χ1v) is 8.39. The van der Waals surface area contributed by atoms with E-state index in [0.29, 0.717) is 0 Å². The molecule has 0 radical (unpaired) electrons. The van der Waals surface area contributed by atoms with Gasteiger partial charge in [0.05, 0.1) is 5.69 Å². The SMILES string of the molecule is Cc1ccc(-n2c(C)cc(C=Nc3cccc(Br)c3)c2C)cc1. The highest BCUT2D eigenvalue weighted by atomic mass is 79.9. The Morgan fingerprint density at radius 1 is 0.957 bits per heavy atom. The van der Waals surface area contributed by atoms with Crippen LogP contribution in [-0.4, -0.2) is 10.8 Å². The summed E-state index contributed by atoms with van der Waals surface area (Å²) in [7, 11) is 0. The highest BCUT2D eigenvalue weighted by molar-refractivity contribution is 9.10. The zero-order valence-corrected chi connectivity index (χ0v) is 15.1. The van der Waals surface area contributed by atoms with Crippen molar-refractivity contribution in [2.75, 3.05) is 0 Å². The first kappa shape index (κ1) is 15.8. The standard InChI is InChI=1S/C20H19BrN2/c1-14-7-9-20(10-8-14)23-15(2)11-17(16(23)3)13-22-19-6-4-5-18(21)12-19/h4-13H,1-3H3. The summed E-state index contributed by atoms with van der Waals surface area (Å²) in [5, 5.41) is 0. The largest absolute Gasteiger partial charge is 0.318 e. The predicted octanol–water partition coefficient (Wildman–Crippen LogP) is 5.92. The molecule has 1 aromatic heterocycles. The Hall–Kier alpha value is -2.13. The molecule has 116 valence electrons. The first-order valence-electron chi connectivity index (χ1n) is 7.60. The molecule has 3 heteroatoms. The molecule has 0 fully saturated rings. The van der Waals surface area contributed by atoms with Crippen molar-refractivity contribution in [2.24, 2.45) is 4.99 Å². The van der Waals surface area contributed by atoms with E-state index in [1.165, 1.54) is 22.6 Å². The van der Waals surface area contributed by atoms with E-state index in [1.807, 2.05) is 30.5 Å². The fourth-order valence-corrected chi connectivity index (χ4v) is 3.10. The van der Waals surface area contributed by atoms with Crippen LogP contribution in [0.2, 0.25) is 0 Å². The molecule has 3 aromatic rings. The minimum absolute atomic E-state index is 0.944. The summed E-state index contributed by atoms with van der Waals surface area (Å²) in [6, 6.07) is 18.8. The molecule has 0 bridgehead atoms. The molecule has 0 saturated heterocycles. The third-order valence-electron chi connectivity index (χ3n) is 3.92. The van der Waals surface area contributed by atoms with Gasteiger partial charge in [-0.15, -0.1) is 0 Å². The molecule has 3 rings (SSSR count). The van der Waals surface area contributed by atoms with E-state index in [1.54, 1.807) is 0 Å². The molecule has 2 nitrogen and oxygen atoms in total. The normalized spacial score (nSPS) is 11.3. The Labute approximate surface area is 145 Å². The summed E-state index contributed by atoms with van der Waals surface area (Å²) in [5.74, 6) is 0. The summed E-state index contributed by atoms with van der Waals surface area (Å²) in [5.41, 5.74) is 6.95. The van der Waals surface area contributed by atoms with Crippen LogP contribution in [0, 0.1) is 20.8 Å². The zero-order valence-electron chi connectivity index (χ0n) is 13.5. The fraction of sp³-hybridized carbons (Fsp3) is 0.150. The number of hydrogen-bond acceptors (Lipinski definition) is 1. The fourth-order valence-electron chi connectivity index (χ4n) is 2.71. The van der Waals surface area contributed by atoms with Gasteiger partial charge < -0.3 is 4.57 Å². The molecule has 0 atom stereocenters. The highest BCUT2D eigenvalue weighted by Crippen LogP contribution is 2.22. The molecule has 0 aliphatic heterocycles. The summed E-state index contributed by atoms with van der Waals surface area (Å²) in [4.78, 5) is 4.59. The van der Waals surface area contributed by atoms with Gasteiger partial charge in [0.1, 0.15) is 0 Å². The van der Waals surface area contributed by atoms with E-state index in [9.17, 15) is 0 Å². The minimum atomic E-state index is 0.944. The maximum absolute atomic E-state index is 4.59. The lowest BCUT2D eigenvalue weighted by atomic mass is 10.2. The Balaban J connectivity index is 1.96. The van der Waals surface area contributed by atoms with Crippen molar-refractivity contribution in [3.63, 3.8) is 0 Å². The van der Waals surface area contributed by atoms with Crippen LogP contribution in [0.4, 0.5) is 5.69 Å². The number of rotatable bonds is 3. The number of aliphatic imine (C=N–C) groups is 1. The highest BCUT2D eigenvalue weighted by Gasteiger charge is 2.09. The Kier molecular flexibility index (Phi) is 4.49. The van der Waals surface area contributed by atoms with Crippen LogP contribution in [-0.2, 0) is 0 Å². The van der Waals surface area contributed by atoms with E-state index in [0.717, 1.165) is 15.7 Å². The van der Waals surface area contributed by atoms with Gasteiger partial charge in [-0.05, 0) is 57.2 Å². The predicted molar refractivity (Wildman–Crippen MR) is 101 cm³/mol. The third kappa shape index (κ3) is 3.45. The number of nitrogens with zero attached hydrogens (tertiary/aromatic N) is 2. The Bertz CT molecular complexity index is 858. The lowest BCUT2D eigenvalue weighted by Gasteiger charge is -2.09. The molecule has 0 spiro atoms. The van der Waals surface area contributed by atoms with Crippen molar-refractivity contribution in [3.05, 3.63) is 81.6 Å². The summed E-state index contributed by atoms with van der Waals surface area (Å²) in [6.45, 7) is 6.37. The van der Waals surface area contributed by atoms with E-state index in [-0.39, 0.29) is 0 Å². The first-order chi connectivity index (χ1) is 11.0. The number of aryl methyl sites for hydroxylation is 2. The average molecular weight is 367 g/mol. The summed E-state index contributed by atoms with van der Waals surface area (Å²) in [6.07, 6.45) is 1.94. The van der Waals surface area contributed by atoms with Gasteiger partial charge in [0.15, 0.2) is 0 Å². The van der Waals surface area contributed by atoms with Gasteiger partial charge in [0, 0.05) is 33.3 Å². The second kappa shape index (κ2) is 6.55. The molecule has 0 amide bonds. The molecule has 0 aliphatic rings. The second-order valence-corrected chi connectivity index (χ2v) is 6.65. The summed E-state index contributed by atoms with van der Waals surface area (Å²) >= 11 is 3.48. The van der Waals surface area contributed by atoms with Gasteiger partial charge in [0.2, 0.25) is 0 Å². The number of hydrogen-bond donors (Lipinski definition) is 0. The second-order valence-electron chi connectivity index (χ2n) is 5.74. The smallest absolute Gasteiger partial charge is 0.0641 e. The van der Waals surface area contributed by atoms with Gasteiger partial charge in [-0.3, -0.25) is 4.99 Å². The van der Waals surface area contributed by atoms with Gasteiger partial charge in [-0.25, -0.2) is 0 Å². The van der Waals surface area contributed by atoms with Crippen molar-refractivity contribution >= 4 is 27.8 Å². The zero-order chi connectivity index (χ0) is 16.4. The summed E-state index contributed by atoms with van der Waals surface area (Å²) < 4.78 is 3.30. The molecular formula is C20H19BrN2. The lowest BCUT2D eigenvalue weighted by Crippen LogP contribution is -1.99.